The summed E-state index contributed by atoms with van der Waals surface area (Å²) in [6.07, 6.45) is 1.55. The fourth-order valence-electron chi connectivity index (χ4n) is 2.25. The van der Waals surface area contributed by atoms with Crippen LogP contribution in [-0.2, 0) is 6.61 Å². The van der Waals surface area contributed by atoms with Crippen LogP contribution in [-0.4, -0.2) is 19.2 Å². The van der Waals surface area contributed by atoms with Gasteiger partial charge in [-0.3, -0.25) is 4.79 Å². The summed E-state index contributed by atoms with van der Waals surface area (Å²) in [7, 11) is 1.57. The second kappa shape index (κ2) is 9.21. The summed E-state index contributed by atoms with van der Waals surface area (Å²) in [6, 6.07) is 16.4. The van der Waals surface area contributed by atoms with Crippen LogP contribution in [0.1, 0.15) is 20.8 Å². The molecule has 1 N–H and O–H groups in total. The number of hydrogen-bond donors (Lipinski definition) is 1. The largest absolute Gasteiger partial charge is 0.493 e. The third-order valence-electron chi connectivity index (χ3n) is 3.62. The van der Waals surface area contributed by atoms with Gasteiger partial charge in [-0.25, -0.2) is 5.43 Å². The van der Waals surface area contributed by atoms with Crippen molar-refractivity contribution in [1.82, 2.24) is 5.43 Å². The second-order valence-electron chi connectivity index (χ2n) is 5.50. The van der Waals surface area contributed by atoms with E-state index in [1.165, 1.54) is 11.3 Å². The highest BCUT2D eigenvalue weighted by molar-refractivity contribution is 7.12. The Hall–Kier alpha value is -2.83. The number of hydrazone groups is 1. The van der Waals surface area contributed by atoms with Gasteiger partial charge in [0.05, 0.1) is 18.2 Å². The van der Waals surface area contributed by atoms with E-state index in [2.05, 4.69) is 10.5 Å². The fraction of sp³-hybridized carbons (Fsp3) is 0.100. The molecule has 5 nitrogen and oxygen atoms in total. The van der Waals surface area contributed by atoms with Crippen molar-refractivity contribution in [1.29, 1.82) is 0 Å². The molecule has 2 aromatic carbocycles. The van der Waals surface area contributed by atoms with E-state index in [-0.39, 0.29) is 5.91 Å². The third-order valence-corrected chi connectivity index (χ3v) is 4.74. The summed E-state index contributed by atoms with van der Waals surface area (Å²) in [4.78, 5) is 12.5. The molecule has 138 valence electrons. The van der Waals surface area contributed by atoms with Crippen LogP contribution in [0, 0.1) is 0 Å². The molecular weight excluding hydrogens is 384 g/mol. The van der Waals surface area contributed by atoms with Crippen molar-refractivity contribution in [3.05, 3.63) is 81.0 Å². The molecule has 3 aromatic rings. The molecule has 1 heterocycles. The summed E-state index contributed by atoms with van der Waals surface area (Å²) in [6.45, 7) is 0.401. The van der Waals surface area contributed by atoms with Crippen LogP contribution in [0.25, 0.3) is 0 Å². The number of nitrogens with one attached hydrogen (secondary N) is 1. The van der Waals surface area contributed by atoms with E-state index in [0.717, 1.165) is 11.1 Å². The van der Waals surface area contributed by atoms with Gasteiger partial charge in [0.25, 0.3) is 5.91 Å². The van der Waals surface area contributed by atoms with E-state index in [1.807, 2.05) is 41.8 Å². The standard InChI is InChI=1S/C20H17ClN2O3S/c1-25-18-11-15(12-22-23-20(24)19-3-2-10-27-19)6-9-17(18)26-13-14-4-7-16(21)8-5-14/h2-12H,13H2,1H3,(H,23,24). The monoisotopic (exact) mass is 400 g/mol. The van der Waals surface area contributed by atoms with Crippen molar-refractivity contribution >= 4 is 35.1 Å². The number of carbonyl (C=O) groups excluding carboxylic acids is 1. The number of methoxy groups -OCH3 is 1. The smallest absolute Gasteiger partial charge is 0.281 e. The van der Waals surface area contributed by atoms with Gasteiger partial charge in [-0.1, -0.05) is 29.8 Å². The molecule has 0 atom stereocenters. The molecule has 0 radical (unpaired) electrons. The summed E-state index contributed by atoms with van der Waals surface area (Å²) in [5, 5.41) is 6.50. The van der Waals surface area contributed by atoms with Crippen molar-refractivity contribution in [2.45, 2.75) is 6.61 Å². The topological polar surface area (TPSA) is 59.9 Å². The number of halogens is 1. The fourth-order valence-corrected chi connectivity index (χ4v) is 2.99. The first kappa shape index (κ1) is 18.9. The van der Waals surface area contributed by atoms with Crippen LogP contribution in [0.4, 0.5) is 0 Å². The first-order valence-electron chi connectivity index (χ1n) is 8.08. The molecular formula is C20H17ClN2O3S. The van der Waals surface area contributed by atoms with Gasteiger partial charge >= 0.3 is 0 Å². The summed E-state index contributed by atoms with van der Waals surface area (Å²) < 4.78 is 11.2. The van der Waals surface area contributed by atoms with Crippen LogP contribution in [0.2, 0.25) is 5.02 Å². The van der Waals surface area contributed by atoms with Gasteiger partial charge < -0.3 is 9.47 Å². The van der Waals surface area contributed by atoms with Crippen LogP contribution in [0.3, 0.4) is 0 Å². The van der Waals surface area contributed by atoms with E-state index in [4.69, 9.17) is 21.1 Å². The summed E-state index contributed by atoms with van der Waals surface area (Å²) in [5.74, 6) is 0.959. The maximum Gasteiger partial charge on any atom is 0.281 e. The Labute approximate surface area is 166 Å². The lowest BCUT2D eigenvalue weighted by Gasteiger charge is -2.11. The second-order valence-corrected chi connectivity index (χ2v) is 6.89. The van der Waals surface area contributed by atoms with Crippen LogP contribution in [0.15, 0.2) is 65.1 Å². The van der Waals surface area contributed by atoms with Gasteiger partial charge in [0.1, 0.15) is 6.61 Å². The summed E-state index contributed by atoms with van der Waals surface area (Å²) in [5.41, 5.74) is 4.27. The Bertz CT molecular complexity index is 925. The maximum atomic E-state index is 11.8. The molecule has 0 saturated heterocycles. The molecule has 0 unspecified atom stereocenters. The van der Waals surface area contributed by atoms with Gasteiger partial charge in [0, 0.05) is 5.02 Å². The minimum absolute atomic E-state index is 0.240. The Morgan fingerprint density at radius 3 is 2.70 bits per heavy atom. The predicted molar refractivity (Wildman–Crippen MR) is 108 cm³/mol. The molecule has 1 amide bonds. The van der Waals surface area contributed by atoms with Gasteiger partial charge in [0.2, 0.25) is 0 Å². The zero-order chi connectivity index (χ0) is 19.1. The van der Waals surface area contributed by atoms with Gasteiger partial charge in [-0.15, -0.1) is 11.3 Å². The van der Waals surface area contributed by atoms with E-state index >= 15 is 0 Å². The minimum atomic E-state index is -0.240. The molecule has 0 saturated carbocycles. The number of carbonyl (C=O) groups is 1. The highest BCUT2D eigenvalue weighted by Gasteiger charge is 2.07. The van der Waals surface area contributed by atoms with Crippen molar-refractivity contribution in [2.75, 3.05) is 7.11 Å². The van der Waals surface area contributed by atoms with E-state index in [1.54, 1.807) is 31.5 Å². The molecule has 0 fully saturated rings. The van der Waals surface area contributed by atoms with Crippen LogP contribution >= 0.6 is 22.9 Å². The quantitative estimate of drug-likeness (QED) is 0.459. The number of ether oxygens (including phenoxy) is 2. The Kier molecular flexibility index (Phi) is 6.46. The highest BCUT2D eigenvalue weighted by Crippen LogP contribution is 2.28. The lowest BCUT2D eigenvalue weighted by Crippen LogP contribution is -2.16. The summed E-state index contributed by atoms with van der Waals surface area (Å²) >= 11 is 7.25. The van der Waals surface area contributed by atoms with Crippen molar-refractivity contribution in [2.24, 2.45) is 5.10 Å². The number of hydrogen-bond acceptors (Lipinski definition) is 5. The number of amides is 1. The number of nitrogens with zero attached hydrogens (tertiary/aromatic N) is 1. The van der Waals surface area contributed by atoms with E-state index in [0.29, 0.717) is 28.0 Å². The van der Waals surface area contributed by atoms with Gasteiger partial charge in [0.15, 0.2) is 11.5 Å². The zero-order valence-electron chi connectivity index (χ0n) is 14.5. The minimum Gasteiger partial charge on any atom is -0.493 e. The number of thiophene rings is 1. The number of benzene rings is 2. The molecule has 0 aliphatic heterocycles. The third kappa shape index (κ3) is 5.32. The van der Waals surface area contributed by atoms with E-state index < -0.39 is 0 Å². The Morgan fingerprint density at radius 2 is 2.00 bits per heavy atom. The molecule has 0 aliphatic rings. The highest BCUT2D eigenvalue weighted by atomic mass is 35.5. The molecule has 3 rings (SSSR count). The van der Waals surface area contributed by atoms with E-state index in [9.17, 15) is 4.79 Å². The average molecular weight is 401 g/mol. The lowest BCUT2D eigenvalue weighted by molar-refractivity contribution is 0.0959. The average Bonchev–Trinajstić information content (AvgIpc) is 3.23. The molecule has 7 heteroatoms. The SMILES string of the molecule is COc1cc(C=NNC(=O)c2cccs2)ccc1OCc1ccc(Cl)cc1. The normalized spacial score (nSPS) is 10.7. The van der Waals surface area contributed by atoms with Crippen molar-refractivity contribution in [3.63, 3.8) is 0 Å². The van der Waals surface area contributed by atoms with Crippen LogP contribution < -0.4 is 14.9 Å². The molecule has 0 aliphatic carbocycles. The van der Waals surface area contributed by atoms with Gasteiger partial charge in [-0.05, 0) is 52.9 Å². The van der Waals surface area contributed by atoms with Crippen molar-refractivity contribution in [3.8, 4) is 11.5 Å². The van der Waals surface area contributed by atoms with Gasteiger partial charge in [-0.2, -0.15) is 5.10 Å². The lowest BCUT2D eigenvalue weighted by atomic mass is 10.2. The molecule has 1 aromatic heterocycles. The van der Waals surface area contributed by atoms with Crippen molar-refractivity contribution < 1.29 is 14.3 Å². The first-order valence-corrected chi connectivity index (χ1v) is 9.33. The maximum absolute atomic E-state index is 11.8. The molecule has 27 heavy (non-hydrogen) atoms. The predicted octanol–water partition coefficient (Wildman–Crippen LogP) is 4.75. The molecule has 0 spiro atoms. The Morgan fingerprint density at radius 1 is 1.19 bits per heavy atom. The van der Waals surface area contributed by atoms with Crippen LogP contribution in [0.5, 0.6) is 11.5 Å². The zero-order valence-corrected chi connectivity index (χ0v) is 16.1. The first-order chi connectivity index (χ1) is 13.2. The number of rotatable bonds is 7. The molecule has 0 bridgehead atoms. The Balaban J connectivity index is 1.62.